The fourth-order valence-corrected chi connectivity index (χ4v) is 9.35. The Balaban J connectivity index is 3.40. The van der Waals surface area contributed by atoms with Crippen LogP contribution < -0.4 is 5.32 Å². The van der Waals surface area contributed by atoms with Crippen molar-refractivity contribution < 1.29 is 24.5 Å². The smallest absolute Gasteiger partial charge is 0.305 e. The van der Waals surface area contributed by atoms with Crippen LogP contribution in [0.2, 0.25) is 0 Å². The summed E-state index contributed by atoms with van der Waals surface area (Å²) in [6.07, 6.45) is 75.6. The van der Waals surface area contributed by atoms with Crippen molar-refractivity contribution in [3.63, 3.8) is 0 Å². The quantitative estimate of drug-likeness (QED) is 0.0321. The van der Waals surface area contributed by atoms with E-state index in [1.165, 1.54) is 231 Å². The summed E-state index contributed by atoms with van der Waals surface area (Å²) in [5.41, 5.74) is 0. The summed E-state index contributed by atoms with van der Waals surface area (Å²) in [6.45, 7) is 4.90. The molecule has 1 amide bonds. The van der Waals surface area contributed by atoms with Crippen LogP contribution in [0.4, 0.5) is 0 Å². The van der Waals surface area contributed by atoms with Gasteiger partial charge < -0.3 is 20.3 Å². The maximum atomic E-state index is 12.4. The molecule has 0 aromatic rings. The SMILES string of the molecule is CCCCC/C=C\C/C=C\CCCCCCCCCCCC(=O)OCCCCCCCCCCC/C=C\C/C=C\CCCCCCCCCCCC(=O)NC(CO)C(O)CCCCCCCCCCC. The van der Waals surface area contributed by atoms with Gasteiger partial charge in [-0.25, -0.2) is 0 Å². The van der Waals surface area contributed by atoms with Crippen molar-refractivity contribution in [1.29, 1.82) is 0 Å². The van der Waals surface area contributed by atoms with E-state index >= 15 is 0 Å². The summed E-state index contributed by atoms with van der Waals surface area (Å²) >= 11 is 0. The molecule has 0 heterocycles. The Kier molecular flexibility index (Phi) is 57.5. The van der Waals surface area contributed by atoms with Crippen LogP contribution >= 0.6 is 0 Å². The van der Waals surface area contributed by atoms with Gasteiger partial charge in [0.15, 0.2) is 0 Å². The highest BCUT2D eigenvalue weighted by Crippen LogP contribution is 2.17. The normalized spacial score (nSPS) is 12.9. The second kappa shape index (κ2) is 59.4. The standard InChI is InChI=1S/C64H119NO5/c1-3-5-7-9-11-13-14-15-16-17-25-29-32-35-38-42-46-50-54-58-64(69)70-59-55-51-47-43-39-36-33-30-27-24-22-20-18-19-21-23-26-28-31-34-37-41-45-49-53-57-63(68)65-61(60-66)62(67)56-52-48-44-40-12-10-8-6-4-2/h11,13,15-16,19-22,61-62,66-67H,3-10,12,14,17-18,23-60H2,1-2H3,(H,65,68)/b13-11-,16-15-,21-19-,22-20-. The van der Waals surface area contributed by atoms with Gasteiger partial charge in [0.25, 0.3) is 0 Å². The Labute approximate surface area is 436 Å². The Hall–Kier alpha value is -2.18. The molecule has 410 valence electrons. The first kappa shape index (κ1) is 67.8. The molecule has 2 atom stereocenters. The molecule has 70 heavy (non-hydrogen) atoms. The van der Waals surface area contributed by atoms with Crippen molar-refractivity contribution in [3.8, 4) is 0 Å². The van der Waals surface area contributed by atoms with Crippen LogP contribution in [0.1, 0.15) is 322 Å². The molecule has 0 spiro atoms. The number of esters is 1. The third-order valence-electron chi connectivity index (χ3n) is 14.1. The van der Waals surface area contributed by atoms with E-state index in [1.54, 1.807) is 0 Å². The van der Waals surface area contributed by atoms with Gasteiger partial charge in [0.1, 0.15) is 0 Å². The van der Waals surface area contributed by atoms with Crippen LogP contribution in [-0.2, 0) is 14.3 Å². The van der Waals surface area contributed by atoms with Gasteiger partial charge in [0.2, 0.25) is 5.91 Å². The predicted molar refractivity (Wildman–Crippen MR) is 306 cm³/mol. The second-order valence-corrected chi connectivity index (χ2v) is 21.0. The first-order valence-electron chi connectivity index (χ1n) is 30.9. The molecule has 0 saturated carbocycles. The minimum Gasteiger partial charge on any atom is -0.466 e. The molecule has 3 N–H and O–H groups in total. The summed E-state index contributed by atoms with van der Waals surface area (Å²) in [6, 6.07) is -0.545. The molecule has 0 aliphatic rings. The lowest BCUT2D eigenvalue weighted by Gasteiger charge is -2.22. The highest BCUT2D eigenvalue weighted by molar-refractivity contribution is 5.76. The van der Waals surface area contributed by atoms with Crippen LogP contribution in [0.15, 0.2) is 48.6 Å². The molecule has 6 heteroatoms. The van der Waals surface area contributed by atoms with E-state index in [9.17, 15) is 19.8 Å². The number of carbonyl (C=O) groups is 2. The summed E-state index contributed by atoms with van der Waals surface area (Å²) < 4.78 is 5.49. The molecular weight excluding hydrogens is 863 g/mol. The van der Waals surface area contributed by atoms with Gasteiger partial charge in [-0.1, -0.05) is 268 Å². The van der Waals surface area contributed by atoms with Gasteiger partial charge in [-0.2, -0.15) is 0 Å². The molecule has 0 bridgehead atoms. The predicted octanol–water partition coefficient (Wildman–Crippen LogP) is 19.4. The molecule has 0 saturated heterocycles. The number of nitrogens with one attached hydrogen (secondary N) is 1. The topological polar surface area (TPSA) is 95.9 Å². The summed E-state index contributed by atoms with van der Waals surface area (Å²) in [5, 5.41) is 23.1. The number of amides is 1. The highest BCUT2D eigenvalue weighted by atomic mass is 16.5. The minimum absolute atomic E-state index is 0.00483. The molecule has 6 nitrogen and oxygen atoms in total. The Morgan fingerprint density at radius 1 is 0.400 bits per heavy atom. The molecule has 0 aliphatic carbocycles. The van der Waals surface area contributed by atoms with Crippen molar-refractivity contribution in [2.75, 3.05) is 13.2 Å². The number of hydrogen-bond donors (Lipinski definition) is 3. The second-order valence-electron chi connectivity index (χ2n) is 21.0. The Morgan fingerprint density at radius 2 is 0.714 bits per heavy atom. The first-order valence-corrected chi connectivity index (χ1v) is 30.9. The van der Waals surface area contributed by atoms with Gasteiger partial charge in [-0.05, 0) is 89.9 Å². The molecule has 0 aliphatic heterocycles. The van der Waals surface area contributed by atoms with Crippen molar-refractivity contribution in [1.82, 2.24) is 5.32 Å². The van der Waals surface area contributed by atoms with E-state index in [2.05, 4.69) is 67.8 Å². The summed E-state index contributed by atoms with van der Waals surface area (Å²) in [7, 11) is 0. The monoisotopic (exact) mass is 982 g/mol. The van der Waals surface area contributed by atoms with Gasteiger partial charge in [0, 0.05) is 12.8 Å². The van der Waals surface area contributed by atoms with E-state index in [1.807, 2.05) is 0 Å². The summed E-state index contributed by atoms with van der Waals surface area (Å²) in [4.78, 5) is 24.5. The van der Waals surface area contributed by atoms with E-state index in [0.717, 1.165) is 57.8 Å². The van der Waals surface area contributed by atoms with Crippen LogP contribution in [0.3, 0.4) is 0 Å². The largest absolute Gasteiger partial charge is 0.466 e. The fourth-order valence-electron chi connectivity index (χ4n) is 9.35. The molecule has 0 rings (SSSR count). The lowest BCUT2D eigenvalue weighted by molar-refractivity contribution is -0.143. The third-order valence-corrected chi connectivity index (χ3v) is 14.1. The van der Waals surface area contributed by atoms with Crippen molar-refractivity contribution >= 4 is 11.9 Å². The highest BCUT2D eigenvalue weighted by Gasteiger charge is 2.20. The first-order chi connectivity index (χ1) is 34.5. The molecule has 0 fully saturated rings. The molecule has 0 radical (unpaired) electrons. The minimum atomic E-state index is -0.667. The maximum absolute atomic E-state index is 12.4. The molecule has 0 aromatic carbocycles. The van der Waals surface area contributed by atoms with Crippen molar-refractivity contribution in [2.45, 2.75) is 334 Å². The average Bonchev–Trinajstić information content (AvgIpc) is 3.36. The van der Waals surface area contributed by atoms with Crippen LogP contribution in [0, 0.1) is 0 Å². The van der Waals surface area contributed by atoms with Crippen LogP contribution in [0.5, 0.6) is 0 Å². The number of hydrogen-bond acceptors (Lipinski definition) is 5. The molecule has 2 unspecified atom stereocenters. The maximum Gasteiger partial charge on any atom is 0.305 e. The van der Waals surface area contributed by atoms with E-state index in [-0.39, 0.29) is 18.5 Å². The lowest BCUT2D eigenvalue weighted by Crippen LogP contribution is -2.45. The number of unbranched alkanes of at least 4 members (excludes halogenated alkanes) is 38. The number of ether oxygens (including phenoxy) is 1. The van der Waals surface area contributed by atoms with Gasteiger partial charge in [0.05, 0.1) is 25.4 Å². The zero-order valence-corrected chi connectivity index (χ0v) is 46.7. The zero-order chi connectivity index (χ0) is 50.7. The Morgan fingerprint density at radius 3 is 1.11 bits per heavy atom. The van der Waals surface area contributed by atoms with Crippen molar-refractivity contribution in [3.05, 3.63) is 48.6 Å². The van der Waals surface area contributed by atoms with E-state index < -0.39 is 12.1 Å². The third kappa shape index (κ3) is 55.1. The van der Waals surface area contributed by atoms with Gasteiger partial charge in [-0.3, -0.25) is 9.59 Å². The van der Waals surface area contributed by atoms with Crippen molar-refractivity contribution in [2.24, 2.45) is 0 Å². The number of rotatable bonds is 57. The van der Waals surface area contributed by atoms with Crippen LogP contribution in [-0.4, -0.2) is 47.4 Å². The van der Waals surface area contributed by atoms with E-state index in [0.29, 0.717) is 25.9 Å². The fraction of sp³-hybridized carbons (Fsp3) is 0.844. The summed E-state index contributed by atoms with van der Waals surface area (Å²) in [5.74, 6) is -0.0389. The van der Waals surface area contributed by atoms with Gasteiger partial charge >= 0.3 is 5.97 Å². The average molecular weight is 983 g/mol. The van der Waals surface area contributed by atoms with Crippen LogP contribution in [0.25, 0.3) is 0 Å². The number of carbonyl (C=O) groups excluding carboxylic acids is 2. The number of aliphatic hydroxyl groups excluding tert-OH is 2. The molecular formula is C64H119NO5. The van der Waals surface area contributed by atoms with E-state index in [4.69, 9.17) is 4.74 Å². The van der Waals surface area contributed by atoms with Gasteiger partial charge in [-0.15, -0.1) is 0 Å². The number of allylic oxidation sites excluding steroid dienone is 8. The Bertz CT molecular complexity index is 1180. The zero-order valence-electron chi connectivity index (χ0n) is 46.7. The number of aliphatic hydroxyl groups is 2. The lowest BCUT2D eigenvalue weighted by atomic mass is 10.0. The molecule has 0 aromatic heterocycles.